The summed E-state index contributed by atoms with van der Waals surface area (Å²) in [6.07, 6.45) is 0. The topological polar surface area (TPSA) is 46.0 Å². The number of aromatic amines is 1. The molecule has 0 amide bonds. The molecule has 0 spiro atoms. The monoisotopic (exact) mass is 261 g/mol. The summed E-state index contributed by atoms with van der Waals surface area (Å²) in [6, 6.07) is 19.5. The van der Waals surface area contributed by atoms with Gasteiger partial charge in [-0.2, -0.15) is 0 Å². The van der Waals surface area contributed by atoms with E-state index in [9.17, 15) is 4.79 Å². The Hall–Kier alpha value is -2.81. The number of para-hydroxylation sites is 1. The molecular formula is C17H11NO2. The Bertz CT molecular complexity index is 965. The van der Waals surface area contributed by atoms with Gasteiger partial charge in [0.25, 0.3) is 0 Å². The summed E-state index contributed by atoms with van der Waals surface area (Å²) in [4.78, 5) is 15.2. The van der Waals surface area contributed by atoms with E-state index in [0.717, 1.165) is 22.0 Å². The largest absolute Gasteiger partial charge is 0.421 e. The number of nitrogens with one attached hydrogen (secondary N) is 1. The van der Waals surface area contributed by atoms with Crippen molar-refractivity contribution in [3.63, 3.8) is 0 Å². The molecule has 20 heavy (non-hydrogen) atoms. The Morgan fingerprint density at radius 3 is 2.45 bits per heavy atom. The summed E-state index contributed by atoms with van der Waals surface area (Å²) in [6.45, 7) is 0. The molecule has 0 aliphatic rings. The summed E-state index contributed by atoms with van der Waals surface area (Å²) < 4.78 is 5.34. The fourth-order valence-electron chi connectivity index (χ4n) is 2.53. The van der Waals surface area contributed by atoms with Gasteiger partial charge in [-0.15, -0.1) is 0 Å². The van der Waals surface area contributed by atoms with Crippen molar-refractivity contribution in [1.82, 2.24) is 4.98 Å². The predicted octanol–water partition coefficient (Wildman–Crippen LogP) is 3.94. The zero-order valence-electron chi connectivity index (χ0n) is 10.6. The summed E-state index contributed by atoms with van der Waals surface area (Å²) >= 11 is 0. The number of hydrogen-bond donors (Lipinski definition) is 1. The standard InChI is InChI=1S/C17H11NO2/c19-17-16-13(12-8-4-5-9-15(12)20-17)10-14(18-16)11-6-2-1-3-7-11/h1-10,18H. The molecule has 0 saturated carbocycles. The van der Waals surface area contributed by atoms with Gasteiger partial charge in [-0.3, -0.25) is 0 Å². The second-order valence-corrected chi connectivity index (χ2v) is 4.72. The average Bonchev–Trinajstić information content (AvgIpc) is 2.94. The first-order chi connectivity index (χ1) is 9.83. The third kappa shape index (κ3) is 1.57. The molecule has 0 fully saturated rings. The van der Waals surface area contributed by atoms with Crippen molar-refractivity contribution in [3.05, 3.63) is 71.1 Å². The molecule has 2 aromatic heterocycles. The summed E-state index contributed by atoms with van der Waals surface area (Å²) in [5.74, 6) is 0. The van der Waals surface area contributed by atoms with Gasteiger partial charge in [0.15, 0.2) is 0 Å². The Kier molecular flexibility index (Phi) is 2.27. The summed E-state index contributed by atoms with van der Waals surface area (Å²) in [7, 11) is 0. The molecule has 0 bridgehead atoms. The van der Waals surface area contributed by atoms with Gasteiger partial charge in [-0.1, -0.05) is 48.5 Å². The molecular weight excluding hydrogens is 250 g/mol. The van der Waals surface area contributed by atoms with Gasteiger partial charge in [0.05, 0.1) is 0 Å². The smallest absolute Gasteiger partial charge is 0.360 e. The van der Waals surface area contributed by atoms with Crippen LogP contribution in [0.2, 0.25) is 0 Å². The lowest BCUT2D eigenvalue weighted by Gasteiger charge is -1.96. The van der Waals surface area contributed by atoms with Gasteiger partial charge in [0.2, 0.25) is 0 Å². The van der Waals surface area contributed by atoms with E-state index >= 15 is 0 Å². The minimum atomic E-state index is -0.333. The number of fused-ring (bicyclic) bond motifs is 3. The number of H-pyrrole nitrogens is 1. The summed E-state index contributed by atoms with van der Waals surface area (Å²) in [5.41, 5.74) is 2.77. The lowest BCUT2D eigenvalue weighted by Crippen LogP contribution is -1.99. The van der Waals surface area contributed by atoms with Crippen LogP contribution >= 0.6 is 0 Å². The van der Waals surface area contributed by atoms with Gasteiger partial charge >= 0.3 is 5.63 Å². The molecule has 0 aliphatic heterocycles. The highest BCUT2D eigenvalue weighted by Gasteiger charge is 2.11. The third-order valence-electron chi connectivity index (χ3n) is 3.49. The first kappa shape index (κ1) is 11.1. The fourth-order valence-corrected chi connectivity index (χ4v) is 2.53. The number of benzene rings is 2. The minimum Gasteiger partial charge on any atom is -0.421 e. The zero-order chi connectivity index (χ0) is 13.5. The highest BCUT2D eigenvalue weighted by molar-refractivity contribution is 6.05. The van der Waals surface area contributed by atoms with Crippen molar-refractivity contribution in [2.24, 2.45) is 0 Å². The highest BCUT2D eigenvalue weighted by Crippen LogP contribution is 2.27. The van der Waals surface area contributed by atoms with Crippen LogP contribution in [0.25, 0.3) is 33.1 Å². The van der Waals surface area contributed by atoms with E-state index in [4.69, 9.17) is 4.42 Å². The van der Waals surface area contributed by atoms with Crippen molar-refractivity contribution in [3.8, 4) is 11.3 Å². The van der Waals surface area contributed by atoms with Crippen molar-refractivity contribution < 1.29 is 4.42 Å². The normalized spacial score (nSPS) is 11.2. The van der Waals surface area contributed by atoms with E-state index in [-0.39, 0.29) is 5.63 Å². The molecule has 0 unspecified atom stereocenters. The molecule has 4 rings (SSSR count). The zero-order valence-corrected chi connectivity index (χ0v) is 10.6. The van der Waals surface area contributed by atoms with Crippen LogP contribution in [0.15, 0.2) is 69.9 Å². The van der Waals surface area contributed by atoms with E-state index in [0.29, 0.717) is 11.1 Å². The molecule has 0 radical (unpaired) electrons. The van der Waals surface area contributed by atoms with Crippen LogP contribution in [0.5, 0.6) is 0 Å². The van der Waals surface area contributed by atoms with Crippen LogP contribution in [0, 0.1) is 0 Å². The van der Waals surface area contributed by atoms with Gasteiger partial charge in [0.1, 0.15) is 11.1 Å². The second kappa shape index (κ2) is 4.10. The van der Waals surface area contributed by atoms with Crippen molar-refractivity contribution in [1.29, 1.82) is 0 Å². The maximum atomic E-state index is 12.0. The van der Waals surface area contributed by atoms with Crippen molar-refractivity contribution >= 4 is 21.9 Å². The molecule has 1 N–H and O–H groups in total. The Labute approximate surface area is 114 Å². The maximum absolute atomic E-state index is 12.0. The molecule has 2 heterocycles. The van der Waals surface area contributed by atoms with Crippen molar-refractivity contribution in [2.45, 2.75) is 0 Å². The Balaban J connectivity index is 2.11. The Morgan fingerprint density at radius 1 is 0.850 bits per heavy atom. The molecule has 3 nitrogen and oxygen atoms in total. The summed E-state index contributed by atoms with van der Waals surface area (Å²) in [5, 5.41) is 1.84. The lowest BCUT2D eigenvalue weighted by molar-refractivity contribution is 0.568. The molecule has 0 atom stereocenters. The second-order valence-electron chi connectivity index (χ2n) is 4.72. The van der Waals surface area contributed by atoms with Crippen molar-refractivity contribution in [2.75, 3.05) is 0 Å². The molecule has 4 aromatic rings. The van der Waals surface area contributed by atoms with E-state index in [1.807, 2.05) is 60.7 Å². The first-order valence-corrected chi connectivity index (χ1v) is 6.43. The van der Waals surface area contributed by atoms with Crippen LogP contribution in [0.3, 0.4) is 0 Å². The molecule has 0 saturated heterocycles. The SMILES string of the molecule is O=c1oc2ccccc2c2cc(-c3ccccc3)[nH]c12. The van der Waals surface area contributed by atoms with Gasteiger partial charge < -0.3 is 9.40 Å². The van der Waals surface area contributed by atoms with Gasteiger partial charge in [0, 0.05) is 16.5 Å². The van der Waals surface area contributed by atoms with E-state index < -0.39 is 0 Å². The number of aromatic nitrogens is 1. The van der Waals surface area contributed by atoms with E-state index in [1.165, 1.54) is 0 Å². The Morgan fingerprint density at radius 2 is 1.60 bits per heavy atom. The van der Waals surface area contributed by atoms with Crippen LogP contribution in [-0.2, 0) is 0 Å². The van der Waals surface area contributed by atoms with E-state index in [1.54, 1.807) is 0 Å². The predicted molar refractivity (Wildman–Crippen MR) is 79.8 cm³/mol. The van der Waals surface area contributed by atoms with Crippen LogP contribution in [0.4, 0.5) is 0 Å². The molecule has 96 valence electrons. The average molecular weight is 261 g/mol. The van der Waals surface area contributed by atoms with Gasteiger partial charge in [-0.05, 0) is 17.7 Å². The van der Waals surface area contributed by atoms with Crippen LogP contribution in [-0.4, -0.2) is 4.98 Å². The lowest BCUT2D eigenvalue weighted by atomic mass is 10.1. The van der Waals surface area contributed by atoms with E-state index in [2.05, 4.69) is 4.98 Å². The van der Waals surface area contributed by atoms with Crippen LogP contribution in [0.1, 0.15) is 0 Å². The molecule has 2 aromatic carbocycles. The van der Waals surface area contributed by atoms with Crippen LogP contribution < -0.4 is 5.63 Å². The molecule has 3 heteroatoms. The number of hydrogen-bond acceptors (Lipinski definition) is 2. The van der Waals surface area contributed by atoms with Gasteiger partial charge in [-0.25, -0.2) is 4.79 Å². The highest BCUT2D eigenvalue weighted by atomic mass is 16.4. The molecule has 0 aliphatic carbocycles. The fraction of sp³-hybridized carbons (Fsp3) is 0. The quantitative estimate of drug-likeness (QED) is 0.527. The third-order valence-corrected chi connectivity index (χ3v) is 3.49. The maximum Gasteiger partial charge on any atom is 0.360 e. The number of rotatable bonds is 1. The minimum absolute atomic E-state index is 0.333. The first-order valence-electron chi connectivity index (χ1n) is 6.43.